The summed E-state index contributed by atoms with van der Waals surface area (Å²) in [6, 6.07) is 0.897. The van der Waals surface area contributed by atoms with Gasteiger partial charge in [-0.05, 0) is 26.2 Å². The summed E-state index contributed by atoms with van der Waals surface area (Å²) in [5.41, 5.74) is 0. The Balaban J connectivity index is 1.85. The second-order valence-corrected chi connectivity index (χ2v) is 4.11. The lowest BCUT2D eigenvalue weighted by Crippen LogP contribution is -2.43. The standard InChI is InChI=1S/C10H19NO/c1-9-8-11(6-3-7-12-9)10-4-2-5-10/h9-10H,2-8H2,1H3. The van der Waals surface area contributed by atoms with Crippen LogP contribution in [0.5, 0.6) is 0 Å². The average molecular weight is 169 g/mol. The maximum absolute atomic E-state index is 5.61. The molecule has 0 radical (unpaired) electrons. The van der Waals surface area contributed by atoms with Crippen LogP contribution >= 0.6 is 0 Å². The van der Waals surface area contributed by atoms with Gasteiger partial charge in [0, 0.05) is 25.7 Å². The molecule has 0 amide bonds. The zero-order valence-corrected chi connectivity index (χ0v) is 7.96. The maximum atomic E-state index is 5.61. The highest BCUT2D eigenvalue weighted by atomic mass is 16.5. The lowest BCUT2D eigenvalue weighted by molar-refractivity contribution is 0.0501. The van der Waals surface area contributed by atoms with Crippen molar-refractivity contribution in [3.8, 4) is 0 Å². The first-order valence-electron chi connectivity index (χ1n) is 5.22. The van der Waals surface area contributed by atoms with Gasteiger partial charge in [0.25, 0.3) is 0 Å². The quantitative estimate of drug-likeness (QED) is 0.592. The number of ether oxygens (including phenoxy) is 1. The van der Waals surface area contributed by atoms with Crippen molar-refractivity contribution in [1.29, 1.82) is 0 Å². The van der Waals surface area contributed by atoms with Crippen molar-refractivity contribution in [2.24, 2.45) is 0 Å². The number of rotatable bonds is 1. The largest absolute Gasteiger partial charge is 0.377 e. The molecule has 1 aliphatic carbocycles. The van der Waals surface area contributed by atoms with E-state index in [2.05, 4.69) is 11.8 Å². The zero-order valence-electron chi connectivity index (χ0n) is 7.96. The van der Waals surface area contributed by atoms with E-state index in [9.17, 15) is 0 Å². The molecule has 2 heteroatoms. The Labute approximate surface area is 74.9 Å². The van der Waals surface area contributed by atoms with Gasteiger partial charge in [-0.3, -0.25) is 4.90 Å². The molecule has 0 N–H and O–H groups in total. The second-order valence-electron chi connectivity index (χ2n) is 4.11. The van der Waals surface area contributed by atoms with E-state index in [1.54, 1.807) is 0 Å². The van der Waals surface area contributed by atoms with E-state index in [0.717, 1.165) is 19.2 Å². The lowest BCUT2D eigenvalue weighted by atomic mass is 9.91. The SMILES string of the molecule is CC1CN(C2CCC2)CCCO1. The summed E-state index contributed by atoms with van der Waals surface area (Å²) in [6.07, 6.45) is 5.96. The van der Waals surface area contributed by atoms with Gasteiger partial charge in [-0.1, -0.05) is 6.42 Å². The Morgan fingerprint density at radius 1 is 1.25 bits per heavy atom. The maximum Gasteiger partial charge on any atom is 0.0674 e. The summed E-state index contributed by atoms with van der Waals surface area (Å²) in [5, 5.41) is 0. The minimum Gasteiger partial charge on any atom is -0.377 e. The van der Waals surface area contributed by atoms with Crippen LogP contribution < -0.4 is 0 Å². The van der Waals surface area contributed by atoms with Gasteiger partial charge < -0.3 is 4.74 Å². The number of hydrogen-bond donors (Lipinski definition) is 0. The summed E-state index contributed by atoms with van der Waals surface area (Å²) in [4.78, 5) is 2.63. The fraction of sp³-hybridized carbons (Fsp3) is 1.00. The molecule has 0 aromatic rings. The number of nitrogens with zero attached hydrogens (tertiary/aromatic N) is 1. The highest BCUT2D eigenvalue weighted by Crippen LogP contribution is 2.26. The molecule has 1 unspecified atom stereocenters. The van der Waals surface area contributed by atoms with Crippen molar-refractivity contribution in [1.82, 2.24) is 4.90 Å². The Morgan fingerprint density at radius 2 is 2.08 bits per heavy atom. The van der Waals surface area contributed by atoms with Gasteiger partial charge in [0.15, 0.2) is 0 Å². The molecule has 0 bridgehead atoms. The predicted octanol–water partition coefficient (Wildman–Crippen LogP) is 1.65. The molecule has 2 aliphatic rings. The lowest BCUT2D eigenvalue weighted by Gasteiger charge is -2.37. The second kappa shape index (κ2) is 3.75. The van der Waals surface area contributed by atoms with Crippen molar-refractivity contribution in [3.05, 3.63) is 0 Å². The molecule has 2 rings (SSSR count). The van der Waals surface area contributed by atoms with Crippen LogP contribution in [0.3, 0.4) is 0 Å². The van der Waals surface area contributed by atoms with Gasteiger partial charge >= 0.3 is 0 Å². The van der Waals surface area contributed by atoms with Crippen molar-refractivity contribution in [2.75, 3.05) is 19.7 Å². The molecule has 70 valence electrons. The average Bonchev–Trinajstić information content (AvgIpc) is 2.10. The summed E-state index contributed by atoms with van der Waals surface area (Å²) in [7, 11) is 0. The van der Waals surface area contributed by atoms with Gasteiger partial charge in [-0.25, -0.2) is 0 Å². The van der Waals surface area contributed by atoms with E-state index in [1.807, 2.05) is 0 Å². The monoisotopic (exact) mass is 169 g/mol. The summed E-state index contributed by atoms with van der Waals surface area (Å²) in [5.74, 6) is 0. The Morgan fingerprint density at radius 3 is 2.75 bits per heavy atom. The highest BCUT2D eigenvalue weighted by Gasteiger charge is 2.26. The molecular weight excluding hydrogens is 150 g/mol. The highest BCUT2D eigenvalue weighted by molar-refractivity contribution is 4.82. The molecule has 1 heterocycles. The van der Waals surface area contributed by atoms with Crippen LogP contribution in [0.25, 0.3) is 0 Å². The van der Waals surface area contributed by atoms with Crippen LogP contribution in [0, 0.1) is 0 Å². The van der Waals surface area contributed by atoms with Gasteiger partial charge in [0.05, 0.1) is 6.10 Å². The van der Waals surface area contributed by atoms with Gasteiger partial charge in [-0.15, -0.1) is 0 Å². The van der Waals surface area contributed by atoms with Crippen LogP contribution in [0.4, 0.5) is 0 Å². The Hall–Kier alpha value is -0.0800. The molecule has 0 aromatic heterocycles. The normalized spacial score (nSPS) is 34.2. The first-order valence-corrected chi connectivity index (χ1v) is 5.22. The third kappa shape index (κ3) is 1.80. The van der Waals surface area contributed by atoms with Gasteiger partial charge in [-0.2, -0.15) is 0 Å². The van der Waals surface area contributed by atoms with E-state index in [0.29, 0.717) is 6.10 Å². The summed E-state index contributed by atoms with van der Waals surface area (Å²) < 4.78 is 5.61. The Kier molecular flexibility index (Phi) is 2.66. The topological polar surface area (TPSA) is 12.5 Å². The third-order valence-corrected chi connectivity index (χ3v) is 3.07. The number of hydrogen-bond acceptors (Lipinski definition) is 2. The third-order valence-electron chi connectivity index (χ3n) is 3.07. The molecule has 1 atom stereocenters. The van der Waals surface area contributed by atoms with Crippen molar-refractivity contribution in [3.63, 3.8) is 0 Å². The first kappa shape index (κ1) is 8.52. The molecule has 1 saturated carbocycles. The molecular formula is C10H19NO. The summed E-state index contributed by atoms with van der Waals surface area (Å²) in [6.45, 7) is 5.57. The zero-order chi connectivity index (χ0) is 8.39. The van der Waals surface area contributed by atoms with Crippen LogP contribution in [-0.4, -0.2) is 36.7 Å². The minimum absolute atomic E-state index is 0.452. The molecule has 2 fully saturated rings. The smallest absolute Gasteiger partial charge is 0.0674 e. The van der Waals surface area contributed by atoms with Crippen LogP contribution in [0.15, 0.2) is 0 Å². The van der Waals surface area contributed by atoms with Crippen molar-refractivity contribution >= 4 is 0 Å². The molecule has 0 spiro atoms. The van der Waals surface area contributed by atoms with Crippen LogP contribution in [0.2, 0.25) is 0 Å². The van der Waals surface area contributed by atoms with E-state index in [-0.39, 0.29) is 0 Å². The van der Waals surface area contributed by atoms with E-state index >= 15 is 0 Å². The van der Waals surface area contributed by atoms with Crippen LogP contribution in [0.1, 0.15) is 32.6 Å². The molecule has 1 aliphatic heterocycles. The Bertz CT molecular complexity index is 145. The van der Waals surface area contributed by atoms with E-state index in [1.165, 1.54) is 32.2 Å². The fourth-order valence-corrected chi connectivity index (χ4v) is 2.11. The van der Waals surface area contributed by atoms with E-state index in [4.69, 9.17) is 4.74 Å². The molecule has 12 heavy (non-hydrogen) atoms. The first-order chi connectivity index (χ1) is 5.86. The van der Waals surface area contributed by atoms with E-state index < -0.39 is 0 Å². The van der Waals surface area contributed by atoms with Crippen molar-refractivity contribution in [2.45, 2.75) is 44.8 Å². The van der Waals surface area contributed by atoms with Gasteiger partial charge in [0.2, 0.25) is 0 Å². The summed E-state index contributed by atoms with van der Waals surface area (Å²) >= 11 is 0. The molecule has 1 saturated heterocycles. The minimum atomic E-state index is 0.452. The van der Waals surface area contributed by atoms with Gasteiger partial charge in [0.1, 0.15) is 0 Å². The molecule has 2 nitrogen and oxygen atoms in total. The molecule has 0 aromatic carbocycles. The fourth-order valence-electron chi connectivity index (χ4n) is 2.11. The predicted molar refractivity (Wildman–Crippen MR) is 49.2 cm³/mol. The van der Waals surface area contributed by atoms with Crippen LogP contribution in [-0.2, 0) is 4.74 Å². The van der Waals surface area contributed by atoms with Crippen molar-refractivity contribution < 1.29 is 4.74 Å².